The van der Waals surface area contributed by atoms with Gasteiger partial charge in [0.25, 0.3) is 0 Å². The maximum atomic E-state index is 3.42. The predicted molar refractivity (Wildman–Crippen MR) is 45.9 cm³/mol. The summed E-state index contributed by atoms with van der Waals surface area (Å²) in [5.74, 6) is 2.11. The van der Waals surface area contributed by atoms with E-state index in [0.29, 0.717) is 0 Å². The molecule has 0 spiro atoms. The van der Waals surface area contributed by atoms with E-state index in [1.165, 1.54) is 25.8 Å². The summed E-state index contributed by atoms with van der Waals surface area (Å²) in [6.07, 6.45) is 4.29. The van der Waals surface area contributed by atoms with Crippen LogP contribution in [-0.2, 0) is 0 Å². The van der Waals surface area contributed by atoms with Crippen LogP contribution in [0.1, 0.15) is 26.2 Å². The molecule has 2 heterocycles. The SMILES string of the molecule is CC[C@@H]1C2CCNSC1C2. The second-order valence-corrected chi connectivity index (χ2v) is 4.54. The zero-order valence-corrected chi connectivity index (χ0v) is 7.29. The number of hydrogen-bond donors (Lipinski definition) is 1. The monoisotopic (exact) mass is 157 g/mol. The first-order valence-corrected chi connectivity index (χ1v) is 5.18. The van der Waals surface area contributed by atoms with Crippen molar-refractivity contribution in [2.45, 2.75) is 31.4 Å². The van der Waals surface area contributed by atoms with Crippen molar-refractivity contribution in [2.75, 3.05) is 6.54 Å². The predicted octanol–water partition coefficient (Wildman–Crippen LogP) is 2.04. The average Bonchev–Trinajstić information content (AvgIpc) is 2.19. The third-order valence-corrected chi connectivity index (χ3v) is 4.16. The molecule has 3 rings (SSSR count). The van der Waals surface area contributed by atoms with Crippen molar-refractivity contribution in [3.05, 3.63) is 0 Å². The van der Waals surface area contributed by atoms with Crippen LogP contribution in [0.4, 0.5) is 0 Å². The van der Waals surface area contributed by atoms with Crippen LogP contribution in [0.2, 0.25) is 0 Å². The second-order valence-electron chi connectivity index (χ2n) is 3.41. The molecule has 2 aliphatic heterocycles. The highest BCUT2D eigenvalue weighted by Gasteiger charge is 2.41. The smallest absolute Gasteiger partial charge is 0.0226 e. The summed E-state index contributed by atoms with van der Waals surface area (Å²) in [7, 11) is 0. The molecule has 0 amide bonds. The van der Waals surface area contributed by atoms with Crippen LogP contribution in [0, 0.1) is 11.8 Å². The van der Waals surface area contributed by atoms with Crippen LogP contribution in [0.15, 0.2) is 0 Å². The van der Waals surface area contributed by atoms with Gasteiger partial charge in [0.15, 0.2) is 0 Å². The molecule has 1 saturated carbocycles. The van der Waals surface area contributed by atoms with Gasteiger partial charge in [-0.2, -0.15) is 0 Å². The number of rotatable bonds is 1. The third-order valence-electron chi connectivity index (χ3n) is 2.94. The summed E-state index contributed by atoms with van der Waals surface area (Å²) >= 11 is 1.99. The Morgan fingerprint density at radius 1 is 1.60 bits per heavy atom. The number of nitrogens with one attached hydrogen (secondary N) is 1. The van der Waals surface area contributed by atoms with Crippen LogP contribution >= 0.6 is 11.9 Å². The largest absolute Gasteiger partial charge is 0.264 e. The fraction of sp³-hybridized carbons (Fsp3) is 1.00. The molecule has 0 aromatic rings. The van der Waals surface area contributed by atoms with E-state index in [9.17, 15) is 0 Å². The average molecular weight is 157 g/mol. The van der Waals surface area contributed by atoms with Crippen LogP contribution in [0.5, 0.6) is 0 Å². The highest BCUT2D eigenvalue weighted by atomic mass is 32.2. The molecule has 58 valence electrons. The van der Waals surface area contributed by atoms with Gasteiger partial charge in [-0.3, -0.25) is 4.72 Å². The summed E-state index contributed by atoms with van der Waals surface area (Å²) in [4.78, 5) is 0. The van der Waals surface area contributed by atoms with E-state index >= 15 is 0 Å². The van der Waals surface area contributed by atoms with E-state index in [1.54, 1.807) is 0 Å². The topological polar surface area (TPSA) is 12.0 Å². The molecule has 0 radical (unpaired) electrons. The van der Waals surface area contributed by atoms with Gasteiger partial charge in [0.2, 0.25) is 0 Å². The molecule has 10 heavy (non-hydrogen) atoms. The van der Waals surface area contributed by atoms with Crippen molar-refractivity contribution in [3.8, 4) is 0 Å². The molecule has 2 bridgehead atoms. The normalized spacial score (nSPS) is 45.9. The zero-order chi connectivity index (χ0) is 6.97. The van der Waals surface area contributed by atoms with Gasteiger partial charge in [0.05, 0.1) is 0 Å². The summed E-state index contributed by atoms with van der Waals surface area (Å²) in [6.45, 7) is 3.57. The maximum Gasteiger partial charge on any atom is 0.0226 e. The van der Waals surface area contributed by atoms with Gasteiger partial charge in [-0.25, -0.2) is 0 Å². The van der Waals surface area contributed by atoms with Crippen molar-refractivity contribution >= 4 is 11.9 Å². The van der Waals surface area contributed by atoms with Gasteiger partial charge in [-0.1, -0.05) is 25.3 Å². The van der Waals surface area contributed by atoms with E-state index in [1.807, 2.05) is 11.9 Å². The Kier molecular flexibility index (Phi) is 1.92. The first-order chi connectivity index (χ1) is 4.92. The fourth-order valence-electron chi connectivity index (χ4n) is 2.23. The molecule has 0 aromatic carbocycles. The molecule has 1 aliphatic carbocycles. The van der Waals surface area contributed by atoms with E-state index in [4.69, 9.17) is 0 Å². The molecule has 3 fully saturated rings. The molecule has 3 aliphatic rings. The van der Waals surface area contributed by atoms with Crippen molar-refractivity contribution < 1.29 is 0 Å². The van der Waals surface area contributed by atoms with Gasteiger partial charge >= 0.3 is 0 Å². The van der Waals surface area contributed by atoms with Crippen LogP contribution in [0.25, 0.3) is 0 Å². The van der Waals surface area contributed by atoms with E-state index in [-0.39, 0.29) is 0 Å². The lowest BCUT2D eigenvalue weighted by atomic mass is 9.70. The van der Waals surface area contributed by atoms with Crippen LogP contribution in [0.3, 0.4) is 0 Å². The number of hydrogen-bond acceptors (Lipinski definition) is 2. The van der Waals surface area contributed by atoms with Crippen LogP contribution < -0.4 is 4.72 Å². The van der Waals surface area contributed by atoms with Gasteiger partial charge in [-0.05, 0) is 24.7 Å². The quantitative estimate of drug-likeness (QED) is 0.585. The molecule has 0 aromatic heterocycles. The molecule has 2 heteroatoms. The molecular formula is C8H15NS. The minimum absolute atomic E-state index is 0.956. The van der Waals surface area contributed by atoms with Crippen molar-refractivity contribution in [3.63, 3.8) is 0 Å². The molecule has 1 nitrogen and oxygen atoms in total. The first-order valence-electron chi connectivity index (χ1n) is 4.30. The second kappa shape index (κ2) is 2.74. The van der Waals surface area contributed by atoms with Gasteiger partial charge in [0, 0.05) is 11.8 Å². The van der Waals surface area contributed by atoms with E-state index in [0.717, 1.165) is 17.1 Å². The maximum absolute atomic E-state index is 3.42. The van der Waals surface area contributed by atoms with Crippen LogP contribution in [-0.4, -0.2) is 11.8 Å². The highest BCUT2D eigenvalue weighted by Crippen LogP contribution is 2.46. The fourth-order valence-corrected chi connectivity index (χ4v) is 3.61. The Morgan fingerprint density at radius 3 is 3.30 bits per heavy atom. The molecule has 3 atom stereocenters. The zero-order valence-electron chi connectivity index (χ0n) is 6.47. The third kappa shape index (κ3) is 0.978. The number of fused-ring (bicyclic) bond motifs is 3. The Labute approximate surface area is 67.1 Å². The van der Waals surface area contributed by atoms with Gasteiger partial charge in [-0.15, -0.1) is 0 Å². The Morgan fingerprint density at radius 2 is 2.50 bits per heavy atom. The standard InChI is InChI=1S/C8H15NS/c1-2-7-6-3-4-9-10-8(7)5-6/h6-9H,2-5H2,1H3/t6?,7-,8?/m1/s1. The summed E-state index contributed by atoms with van der Waals surface area (Å²) in [6, 6.07) is 0. The van der Waals surface area contributed by atoms with E-state index in [2.05, 4.69) is 11.6 Å². The minimum atomic E-state index is 0.956. The Hall–Kier alpha value is 0.310. The first kappa shape index (κ1) is 6.99. The van der Waals surface area contributed by atoms with Gasteiger partial charge in [0.1, 0.15) is 0 Å². The molecular weight excluding hydrogens is 142 g/mol. The summed E-state index contributed by atoms with van der Waals surface area (Å²) in [5, 5.41) is 0.956. The van der Waals surface area contributed by atoms with Gasteiger partial charge < -0.3 is 0 Å². The lowest BCUT2D eigenvalue weighted by molar-refractivity contribution is 0.179. The van der Waals surface area contributed by atoms with Crippen molar-refractivity contribution in [1.29, 1.82) is 0 Å². The Bertz CT molecular complexity index is 110. The van der Waals surface area contributed by atoms with E-state index < -0.39 is 0 Å². The lowest BCUT2D eigenvalue weighted by Gasteiger charge is -2.41. The molecule has 2 saturated heterocycles. The van der Waals surface area contributed by atoms with Crippen molar-refractivity contribution in [1.82, 2.24) is 4.72 Å². The molecule has 1 N–H and O–H groups in total. The summed E-state index contributed by atoms with van der Waals surface area (Å²) in [5.41, 5.74) is 0. The highest BCUT2D eigenvalue weighted by molar-refractivity contribution is 7.98. The van der Waals surface area contributed by atoms with Crippen molar-refractivity contribution in [2.24, 2.45) is 11.8 Å². The minimum Gasteiger partial charge on any atom is -0.264 e. The molecule has 2 unspecified atom stereocenters. The Balaban J connectivity index is 1.98. The lowest BCUT2D eigenvalue weighted by Crippen LogP contribution is -2.37. The summed E-state index contributed by atoms with van der Waals surface area (Å²) < 4.78 is 3.42.